The zero-order valence-electron chi connectivity index (χ0n) is 21.7. The minimum atomic E-state index is -0.0922. The van der Waals surface area contributed by atoms with Gasteiger partial charge in [-0.15, -0.1) is 0 Å². The molecule has 1 N–H and O–H groups in total. The van der Waals surface area contributed by atoms with E-state index in [-0.39, 0.29) is 17.7 Å². The van der Waals surface area contributed by atoms with Gasteiger partial charge >= 0.3 is 0 Å². The molecule has 0 radical (unpaired) electrons. The molecule has 0 fully saturated rings. The first-order valence-electron chi connectivity index (χ1n) is 13.3. The minimum absolute atomic E-state index is 0.0446. The van der Waals surface area contributed by atoms with Crippen LogP contribution in [0.5, 0.6) is 0 Å². The number of hydrogen-bond donors (Lipinski definition) is 1. The minimum Gasteiger partial charge on any atom is -0.356 e. The Morgan fingerprint density at radius 3 is 2.08 bits per heavy atom. The monoisotopic (exact) mass is 520 g/mol. The summed E-state index contributed by atoms with van der Waals surface area (Å²) in [5.74, 6) is 0.178. The molecule has 0 saturated carbocycles. The van der Waals surface area contributed by atoms with Crippen molar-refractivity contribution in [2.75, 3.05) is 6.54 Å². The number of benzene rings is 4. The number of fused-ring (bicyclic) bond motifs is 1. The lowest BCUT2D eigenvalue weighted by Crippen LogP contribution is -2.27. The van der Waals surface area contributed by atoms with Gasteiger partial charge in [-0.05, 0) is 53.8 Å². The highest BCUT2D eigenvalue weighted by atomic mass is 35.5. The van der Waals surface area contributed by atoms with Gasteiger partial charge in [-0.2, -0.15) is 0 Å². The number of carbonyl (C=O) groups excluding carboxylic acids is 1. The topological polar surface area (TPSA) is 34.0 Å². The third-order valence-corrected chi connectivity index (χ3v) is 7.57. The molecule has 5 aromatic rings. The van der Waals surface area contributed by atoms with Crippen LogP contribution < -0.4 is 5.32 Å². The van der Waals surface area contributed by atoms with Crippen LogP contribution in [0.15, 0.2) is 115 Å². The molecule has 0 aliphatic rings. The molecule has 1 aromatic heterocycles. The Hall–Kier alpha value is -3.82. The van der Waals surface area contributed by atoms with E-state index >= 15 is 0 Å². The van der Waals surface area contributed by atoms with E-state index in [0.717, 1.165) is 24.1 Å². The fourth-order valence-corrected chi connectivity index (χ4v) is 5.65. The molecule has 5 rings (SSSR count). The maximum Gasteiger partial charge on any atom is 0.220 e. The fourth-order valence-electron chi connectivity index (χ4n) is 5.46. The van der Waals surface area contributed by atoms with Crippen molar-refractivity contribution < 1.29 is 4.79 Å². The van der Waals surface area contributed by atoms with Crippen molar-refractivity contribution in [2.24, 2.45) is 0 Å². The van der Waals surface area contributed by atoms with Crippen molar-refractivity contribution in [1.29, 1.82) is 0 Å². The molecule has 4 aromatic carbocycles. The van der Waals surface area contributed by atoms with E-state index < -0.39 is 0 Å². The first-order valence-corrected chi connectivity index (χ1v) is 13.7. The Balaban J connectivity index is 1.36. The smallest absolute Gasteiger partial charge is 0.220 e. The summed E-state index contributed by atoms with van der Waals surface area (Å²) in [6.45, 7) is 3.62. The van der Waals surface area contributed by atoms with E-state index in [1.54, 1.807) is 0 Å². The standard InChI is InChI=1S/C34H33ClN2O/c1-2-37-24-32(30-18-9-10-19-33(30)37)31(27-16-11-17-28(35)22-27)23-34(38)36-21-20-29(25-12-5-3-6-13-25)26-14-7-4-8-15-26/h3-19,22,24,29,31H,2,20-21,23H2,1H3,(H,36,38)/t31-/m0/s1. The number of halogens is 1. The van der Waals surface area contributed by atoms with Gasteiger partial charge in [0, 0.05) is 53.5 Å². The summed E-state index contributed by atoms with van der Waals surface area (Å²) in [6, 6.07) is 37.4. The molecule has 1 amide bonds. The molecule has 1 atom stereocenters. The maximum atomic E-state index is 13.4. The highest BCUT2D eigenvalue weighted by Gasteiger charge is 2.23. The summed E-state index contributed by atoms with van der Waals surface area (Å²) in [5.41, 5.74) is 5.92. The summed E-state index contributed by atoms with van der Waals surface area (Å²) in [4.78, 5) is 13.4. The third kappa shape index (κ3) is 5.84. The number of hydrogen-bond acceptors (Lipinski definition) is 1. The van der Waals surface area contributed by atoms with Crippen molar-refractivity contribution in [3.63, 3.8) is 0 Å². The Morgan fingerprint density at radius 2 is 1.42 bits per heavy atom. The average molecular weight is 521 g/mol. The van der Waals surface area contributed by atoms with E-state index in [4.69, 9.17) is 11.6 Å². The molecular formula is C34H33ClN2O. The highest BCUT2D eigenvalue weighted by Crippen LogP contribution is 2.36. The number of rotatable bonds is 10. The van der Waals surface area contributed by atoms with Crippen LogP contribution in [0.1, 0.15) is 53.9 Å². The van der Waals surface area contributed by atoms with Crippen LogP contribution >= 0.6 is 11.6 Å². The second-order valence-electron chi connectivity index (χ2n) is 9.71. The van der Waals surface area contributed by atoms with Crippen LogP contribution in [0.2, 0.25) is 5.02 Å². The van der Waals surface area contributed by atoms with Gasteiger partial charge in [0.1, 0.15) is 0 Å². The molecule has 4 heteroatoms. The second kappa shape index (κ2) is 12.1. The Labute approximate surface area is 230 Å². The molecule has 3 nitrogen and oxygen atoms in total. The Kier molecular flexibility index (Phi) is 8.25. The first-order chi connectivity index (χ1) is 18.6. The quantitative estimate of drug-likeness (QED) is 0.198. The van der Waals surface area contributed by atoms with E-state index in [2.05, 4.69) is 102 Å². The van der Waals surface area contributed by atoms with Crippen LogP contribution in [0.25, 0.3) is 10.9 Å². The predicted molar refractivity (Wildman–Crippen MR) is 158 cm³/mol. The SMILES string of the molecule is CCn1cc([C@@H](CC(=O)NCCC(c2ccccc2)c2ccccc2)c2cccc(Cl)c2)c2ccccc21. The van der Waals surface area contributed by atoms with Crippen molar-refractivity contribution in [3.05, 3.63) is 143 Å². The van der Waals surface area contributed by atoms with Crippen molar-refractivity contribution in [1.82, 2.24) is 9.88 Å². The van der Waals surface area contributed by atoms with Crippen molar-refractivity contribution in [3.8, 4) is 0 Å². The molecule has 0 spiro atoms. The summed E-state index contributed by atoms with van der Waals surface area (Å²) in [6.07, 6.45) is 3.39. The molecule has 1 heterocycles. The number of carbonyl (C=O) groups is 1. The zero-order chi connectivity index (χ0) is 26.3. The molecule has 0 saturated heterocycles. The number of amides is 1. The van der Waals surface area contributed by atoms with Crippen LogP contribution in [0.4, 0.5) is 0 Å². The molecule has 0 aliphatic heterocycles. The average Bonchev–Trinajstić information content (AvgIpc) is 3.33. The Bertz CT molecular complexity index is 1450. The van der Waals surface area contributed by atoms with E-state index in [9.17, 15) is 4.79 Å². The lowest BCUT2D eigenvalue weighted by molar-refractivity contribution is -0.121. The van der Waals surface area contributed by atoms with E-state index in [1.165, 1.54) is 22.0 Å². The van der Waals surface area contributed by atoms with Gasteiger partial charge in [0.05, 0.1) is 0 Å². The van der Waals surface area contributed by atoms with Gasteiger partial charge in [-0.1, -0.05) is 103 Å². The highest BCUT2D eigenvalue weighted by molar-refractivity contribution is 6.30. The van der Waals surface area contributed by atoms with Crippen LogP contribution in [-0.4, -0.2) is 17.0 Å². The first kappa shape index (κ1) is 25.8. The fraction of sp³-hybridized carbons (Fsp3) is 0.206. The summed E-state index contributed by atoms with van der Waals surface area (Å²) in [7, 11) is 0. The number of nitrogens with zero attached hydrogens (tertiary/aromatic N) is 1. The van der Waals surface area contributed by atoms with Gasteiger partial charge in [0.25, 0.3) is 0 Å². The maximum absolute atomic E-state index is 13.4. The van der Waals surface area contributed by atoms with E-state index in [1.807, 2.05) is 30.3 Å². The summed E-state index contributed by atoms with van der Waals surface area (Å²) >= 11 is 6.39. The van der Waals surface area contributed by atoms with Crippen LogP contribution in [0.3, 0.4) is 0 Å². The van der Waals surface area contributed by atoms with Crippen LogP contribution in [-0.2, 0) is 11.3 Å². The molecule has 38 heavy (non-hydrogen) atoms. The van der Waals surface area contributed by atoms with Gasteiger partial charge in [0.15, 0.2) is 0 Å². The lowest BCUT2D eigenvalue weighted by atomic mass is 9.87. The number of para-hydroxylation sites is 1. The van der Waals surface area contributed by atoms with Crippen molar-refractivity contribution in [2.45, 2.75) is 38.1 Å². The molecule has 0 unspecified atom stereocenters. The van der Waals surface area contributed by atoms with Gasteiger partial charge in [0.2, 0.25) is 5.91 Å². The molecule has 0 bridgehead atoms. The Morgan fingerprint density at radius 1 is 0.789 bits per heavy atom. The number of nitrogens with one attached hydrogen (secondary N) is 1. The predicted octanol–water partition coefficient (Wildman–Crippen LogP) is 8.18. The normalized spacial score (nSPS) is 12.1. The number of aromatic nitrogens is 1. The van der Waals surface area contributed by atoms with E-state index in [0.29, 0.717) is 18.0 Å². The second-order valence-corrected chi connectivity index (χ2v) is 10.1. The summed E-state index contributed by atoms with van der Waals surface area (Å²) < 4.78 is 2.25. The molecular weight excluding hydrogens is 488 g/mol. The third-order valence-electron chi connectivity index (χ3n) is 7.34. The van der Waals surface area contributed by atoms with Gasteiger partial charge in [-0.25, -0.2) is 0 Å². The molecule has 0 aliphatic carbocycles. The van der Waals surface area contributed by atoms with Gasteiger partial charge < -0.3 is 9.88 Å². The van der Waals surface area contributed by atoms with Crippen LogP contribution in [0, 0.1) is 0 Å². The largest absolute Gasteiger partial charge is 0.356 e. The molecule has 192 valence electrons. The zero-order valence-corrected chi connectivity index (χ0v) is 22.4. The lowest BCUT2D eigenvalue weighted by Gasteiger charge is -2.20. The number of aryl methyl sites for hydroxylation is 1. The van der Waals surface area contributed by atoms with Gasteiger partial charge in [-0.3, -0.25) is 4.79 Å². The van der Waals surface area contributed by atoms with Crippen molar-refractivity contribution >= 4 is 28.4 Å². The summed E-state index contributed by atoms with van der Waals surface area (Å²) in [5, 5.41) is 5.09.